The van der Waals surface area contributed by atoms with Gasteiger partial charge in [0.05, 0.1) is 11.5 Å². The van der Waals surface area contributed by atoms with E-state index in [-0.39, 0.29) is 11.2 Å². The van der Waals surface area contributed by atoms with E-state index < -0.39 is 0 Å². The van der Waals surface area contributed by atoms with Gasteiger partial charge in [-0.15, -0.1) is 0 Å². The standard InChI is InChI=1S/C14H24O.C9H16O.2C4H10/c1-11(2)7-6-9-14(5)10-8-12(3)13(4)15-14;1-7-5-6-9(3,4)10-8(7)2;2*1-3-4-2/h7H,6,8-10H2,1-5H3;5-6H2,1-4H3;2*3-4H2,1-2H3. The molecule has 1 atom stereocenters. The van der Waals surface area contributed by atoms with E-state index in [1.54, 1.807) is 0 Å². The summed E-state index contributed by atoms with van der Waals surface area (Å²) in [6, 6.07) is 0. The van der Waals surface area contributed by atoms with Crippen molar-refractivity contribution in [3.05, 3.63) is 34.3 Å². The number of ether oxygens (including phenoxy) is 2. The Morgan fingerprint density at radius 3 is 1.48 bits per heavy atom. The first-order valence-electron chi connectivity index (χ1n) is 13.6. The van der Waals surface area contributed by atoms with Gasteiger partial charge < -0.3 is 9.47 Å². The lowest BCUT2D eigenvalue weighted by molar-refractivity contribution is -0.00873. The van der Waals surface area contributed by atoms with Gasteiger partial charge in [-0.05, 0) is 112 Å². The average molecular weight is 465 g/mol. The lowest BCUT2D eigenvalue weighted by Crippen LogP contribution is -2.31. The predicted octanol–water partition coefficient (Wildman–Crippen LogP) is 11.1. The van der Waals surface area contributed by atoms with Crippen molar-refractivity contribution in [3.8, 4) is 0 Å². The van der Waals surface area contributed by atoms with Crippen LogP contribution in [0.4, 0.5) is 0 Å². The van der Waals surface area contributed by atoms with Crippen LogP contribution in [-0.2, 0) is 9.47 Å². The Morgan fingerprint density at radius 1 is 0.727 bits per heavy atom. The Balaban J connectivity index is 0. The molecule has 0 aromatic carbocycles. The van der Waals surface area contributed by atoms with E-state index >= 15 is 0 Å². The van der Waals surface area contributed by atoms with Gasteiger partial charge in [-0.3, -0.25) is 0 Å². The molecule has 0 aromatic heterocycles. The monoisotopic (exact) mass is 464 g/mol. The summed E-state index contributed by atoms with van der Waals surface area (Å²) in [6.07, 6.45) is 14.5. The zero-order chi connectivity index (χ0) is 26.1. The van der Waals surface area contributed by atoms with E-state index in [1.165, 1.54) is 55.2 Å². The van der Waals surface area contributed by atoms with Crippen molar-refractivity contribution < 1.29 is 9.47 Å². The fraction of sp³-hybridized carbons (Fsp3) is 0.806. The molecule has 2 heterocycles. The molecule has 33 heavy (non-hydrogen) atoms. The third kappa shape index (κ3) is 17.9. The van der Waals surface area contributed by atoms with Crippen LogP contribution in [0.2, 0.25) is 0 Å². The Bertz CT molecular complexity index is 594. The molecule has 0 N–H and O–H groups in total. The Labute approximate surface area is 209 Å². The van der Waals surface area contributed by atoms with Gasteiger partial charge in [0.1, 0.15) is 11.2 Å². The molecule has 1 unspecified atom stereocenters. The summed E-state index contributed by atoms with van der Waals surface area (Å²) in [6.45, 7) is 28.0. The van der Waals surface area contributed by atoms with Crippen LogP contribution in [0.3, 0.4) is 0 Å². The van der Waals surface area contributed by atoms with E-state index in [0.717, 1.165) is 37.2 Å². The van der Waals surface area contributed by atoms with Crippen LogP contribution >= 0.6 is 0 Å². The lowest BCUT2D eigenvalue weighted by Gasteiger charge is -2.35. The molecule has 0 amide bonds. The van der Waals surface area contributed by atoms with Gasteiger partial charge >= 0.3 is 0 Å². The summed E-state index contributed by atoms with van der Waals surface area (Å²) in [5, 5.41) is 0. The second kappa shape index (κ2) is 18.2. The summed E-state index contributed by atoms with van der Waals surface area (Å²) in [5.74, 6) is 2.26. The van der Waals surface area contributed by atoms with Gasteiger partial charge in [0.2, 0.25) is 0 Å². The molecule has 0 saturated heterocycles. The van der Waals surface area contributed by atoms with E-state index in [9.17, 15) is 0 Å². The van der Waals surface area contributed by atoms with Crippen molar-refractivity contribution in [3.63, 3.8) is 0 Å². The van der Waals surface area contributed by atoms with Crippen molar-refractivity contribution in [2.45, 2.75) is 165 Å². The maximum atomic E-state index is 6.02. The fourth-order valence-corrected chi connectivity index (χ4v) is 3.20. The minimum absolute atomic E-state index is 0.0650. The van der Waals surface area contributed by atoms with E-state index in [0.29, 0.717) is 0 Å². The Morgan fingerprint density at radius 2 is 1.15 bits per heavy atom. The minimum atomic E-state index is 0.0650. The molecule has 2 nitrogen and oxygen atoms in total. The van der Waals surface area contributed by atoms with Crippen LogP contribution in [0, 0.1) is 0 Å². The van der Waals surface area contributed by atoms with E-state index in [2.05, 4.69) is 96.1 Å². The minimum Gasteiger partial charge on any atom is -0.493 e. The molecule has 196 valence electrons. The molecule has 2 aliphatic rings. The third-order valence-electron chi connectivity index (χ3n) is 6.39. The maximum Gasteiger partial charge on any atom is 0.106 e. The molecular weight excluding hydrogens is 404 g/mol. The molecule has 0 fully saturated rings. The zero-order valence-corrected chi connectivity index (χ0v) is 25.0. The first kappa shape index (κ1) is 34.0. The topological polar surface area (TPSA) is 18.5 Å². The lowest BCUT2D eigenvalue weighted by atomic mass is 9.89. The summed E-state index contributed by atoms with van der Waals surface area (Å²) in [4.78, 5) is 0. The van der Waals surface area contributed by atoms with E-state index in [1.807, 2.05) is 0 Å². The smallest absolute Gasteiger partial charge is 0.106 e. The summed E-state index contributed by atoms with van der Waals surface area (Å²) < 4.78 is 11.7. The summed E-state index contributed by atoms with van der Waals surface area (Å²) in [5.41, 5.74) is 4.35. The molecule has 0 aromatic rings. The molecule has 0 radical (unpaired) electrons. The second-order valence-electron chi connectivity index (χ2n) is 10.9. The number of allylic oxidation sites excluding steroid dienone is 6. The first-order valence-corrected chi connectivity index (χ1v) is 13.6. The largest absolute Gasteiger partial charge is 0.493 e. The third-order valence-corrected chi connectivity index (χ3v) is 6.39. The van der Waals surface area contributed by atoms with Crippen LogP contribution < -0.4 is 0 Å². The molecule has 0 saturated carbocycles. The van der Waals surface area contributed by atoms with Crippen LogP contribution in [0.5, 0.6) is 0 Å². The first-order chi connectivity index (χ1) is 15.3. The van der Waals surface area contributed by atoms with Gasteiger partial charge in [0, 0.05) is 0 Å². The van der Waals surface area contributed by atoms with Gasteiger partial charge in [-0.2, -0.15) is 0 Å². The SMILES string of the molecule is CC(C)=CCCC1(C)CCC(C)=C(C)O1.CC1=C(C)OC(C)(C)CC1.CCCC.CCCC. The fourth-order valence-electron chi connectivity index (χ4n) is 3.20. The quantitative estimate of drug-likeness (QED) is 0.376. The van der Waals surface area contributed by atoms with Gasteiger partial charge in [0.25, 0.3) is 0 Å². The van der Waals surface area contributed by atoms with Gasteiger partial charge in [-0.1, -0.05) is 65.0 Å². The molecular formula is C31H60O2. The molecule has 2 rings (SSSR count). The Hall–Kier alpha value is -1.18. The highest BCUT2D eigenvalue weighted by molar-refractivity contribution is 5.10. The molecule has 0 spiro atoms. The Kier molecular flexibility index (Phi) is 18.7. The molecule has 2 aliphatic heterocycles. The number of hydrogen-bond acceptors (Lipinski definition) is 2. The van der Waals surface area contributed by atoms with Crippen molar-refractivity contribution in [1.82, 2.24) is 0 Å². The summed E-state index contributed by atoms with van der Waals surface area (Å²) >= 11 is 0. The maximum absolute atomic E-state index is 6.02. The highest BCUT2D eigenvalue weighted by atomic mass is 16.5. The van der Waals surface area contributed by atoms with E-state index in [4.69, 9.17) is 9.47 Å². The van der Waals surface area contributed by atoms with Crippen molar-refractivity contribution >= 4 is 0 Å². The number of rotatable bonds is 5. The van der Waals surface area contributed by atoms with Gasteiger partial charge in [0.15, 0.2) is 0 Å². The number of hydrogen-bond donors (Lipinski definition) is 0. The van der Waals surface area contributed by atoms with Crippen molar-refractivity contribution in [2.24, 2.45) is 0 Å². The number of unbranched alkanes of at least 4 members (excludes halogenated alkanes) is 2. The zero-order valence-electron chi connectivity index (χ0n) is 25.0. The predicted molar refractivity (Wildman–Crippen MR) is 150 cm³/mol. The van der Waals surface area contributed by atoms with Crippen molar-refractivity contribution in [1.29, 1.82) is 0 Å². The highest BCUT2D eigenvalue weighted by Gasteiger charge is 2.29. The normalized spacial score (nSPS) is 21.1. The van der Waals surface area contributed by atoms with Crippen LogP contribution in [-0.4, -0.2) is 11.2 Å². The molecule has 2 heteroatoms. The average Bonchev–Trinajstić information content (AvgIpc) is 2.74. The second-order valence-corrected chi connectivity index (χ2v) is 10.9. The highest BCUT2D eigenvalue weighted by Crippen LogP contribution is 2.34. The van der Waals surface area contributed by atoms with Crippen LogP contribution in [0.15, 0.2) is 34.3 Å². The van der Waals surface area contributed by atoms with Crippen LogP contribution in [0.25, 0.3) is 0 Å². The molecule has 0 aliphatic carbocycles. The van der Waals surface area contributed by atoms with Gasteiger partial charge in [-0.25, -0.2) is 0 Å². The molecule has 0 bridgehead atoms. The summed E-state index contributed by atoms with van der Waals surface area (Å²) in [7, 11) is 0. The van der Waals surface area contributed by atoms with Crippen molar-refractivity contribution in [2.75, 3.05) is 0 Å². The van der Waals surface area contributed by atoms with Crippen LogP contribution in [0.1, 0.15) is 154 Å².